The molecule has 0 aliphatic rings. The Hall–Kier alpha value is -0.820. The van der Waals surface area contributed by atoms with E-state index in [0.29, 0.717) is 0 Å². The van der Waals surface area contributed by atoms with E-state index in [4.69, 9.17) is 0 Å². The molecule has 0 atom stereocenters. The molecule has 0 bridgehead atoms. The van der Waals surface area contributed by atoms with Crippen molar-refractivity contribution in [1.82, 2.24) is 4.90 Å². The highest BCUT2D eigenvalue weighted by atomic mass is 15.0. The van der Waals surface area contributed by atoms with Crippen molar-refractivity contribution in [2.24, 2.45) is 0 Å². The van der Waals surface area contributed by atoms with Crippen molar-refractivity contribution < 1.29 is 0 Å². The lowest BCUT2D eigenvalue weighted by molar-refractivity contribution is 0.445. The van der Waals surface area contributed by atoms with Gasteiger partial charge in [0.1, 0.15) is 0 Å². The van der Waals surface area contributed by atoms with Crippen LogP contribution in [-0.4, -0.2) is 11.9 Å². The van der Waals surface area contributed by atoms with E-state index < -0.39 is 0 Å². The third-order valence-electron chi connectivity index (χ3n) is 2.29. The minimum Gasteiger partial charge on any atom is -0.458 e. The maximum absolute atomic E-state index is 3.84. The van der Waals surface area contributed by atoms with Gasteiger partial charge in [-0.3, -0.25) is 7.05 Å². The first-order valence-corrected chi connectivity index (χ1v) is 5.32. The van der Waals surface area contributed by atoms with Crippen LogP contribution in [0.25, 0.3) is 0 Å². The monoisotopic (exact) mass is 190 g/mol. The number of hydrogen-bond acceptors (Lipinski definition) is 1. The lowest BCUT2D eigenvalue weighted by atomic mass is 10.1. The zero-order valence-electron chi connectivity index (χ0n) is 9.29. The fraction of sp³-hybridized carbons (Fsp3) is 0.462. The van der Waals surface area contributed by atoms with E-state index in [1.165, 1.54) is 30.4 Å². The van der Waals surface area contributed by atoms with E-state index in [1.807, 2.05) is 11.9 Å². The predicted octanol–water partition coefficient (Wildman–Crippen LogP) is 3.25. The largest absolute Gasteiger partial charge is 0.458 e. The first-order chi connectivity index (χ1) is 6.72. The van der Waals surface area contributed by atoms with E-state index in [0.717, 1.165) is 6.54 Å². The Kier molecular flexibility index (Phi) is 4.68. The maximum Gasteiger partial charge on any atom is -0.00469 e. The smallest absolute Gasteiger partial charge is 0.00469 e. The standard InChI is InChI=1S/C13H20N/c1-4-5-6-12-7-9-13(10-8-12)11-14(2)3/h7-10H,2,4-6,11H2,1,3H3/q-1. The van der Waals surface area contributed by atoms with Crippen molar-refractivity contribution in [2.75, 3.05) is 7.05 Å². The molecule has 0 spiro atoms. The van der Waals surface area contributed by atoms with Crippen molar-refractivity contribution in [3.63, 3.8) is 0 Å². The predicted molar refractivity (Wildman–Crippen MR) is 61.9 cm³/mol. The van der Waals surface area contributed by atoms with Gasteiger partial charge < -0.3 is 4.90 Å². The summed E-state index contributed by atoms with van der Waals surface area (Å²) < 4.78 is 0. The zero-order chi connectivity index (χ0) is 10.4. The molecule has 1 nitrogen and oxygen atoms in total. The van der Waals surface area contributed by atoms with Gasteiger partial charge >= 0.3 is 0 Å². The molecule has 0 aromatic heterocycles. The molecule has 14 heavy (non-hydrogen) atoms. The normalized spacial score (nSPS) is 10.9. The van der Waals surface area contributed by atoms with Gasteiger partial charge in [-0.25, -0.2) is 0 Å². The van der Waals surface area contributed by atoms with Gasteiger partial charge in [-0.1, -0.05) is 37.6 Å². The highest BCUT2D eigenvalue weighted by Crippen LogP contribution is 2.08. The average molecular weight is 190 g/mol. The van der Waals surface area contributed by atoms with Crippen molar-refractivity contribution >= 4 is 0 Å². The summed E-state index contributed by atoms with van der Waals surface area (Å²) in [5.41, 5.74) is 2.78. The van der Waals surface area contributed by atoms with Crippen LogP contribution in [-0.2, 0) is 13.0 Å². The Morgan fingerprint density at radius 3 is 2.21 bits per heavy atom. The van der Waals surface area contributed by atoms with Crippen molar-refractivity contribution in [2.45, 2.75) is 32.7 Å². The van der Waals surface area contributed by atoms with Gasteiger partial charge in [-0.05, 0) is 37.6 Å². The molecule has 78 valence electrons. The van der Waals surface area contributed by atoms with Crippen LogP contribution in [0.3, 0.4) is 0 Å². The second-order valence-corrected chi connectivity index (χ2v) is 3.93. The summed E-state index contributed by atoms with van der Waals surface area (Å²) in [4.78, 5) is 1.95. The molecule has 1 rings (SSSR count). The molecule has 0 unspecified atom stereocenters. The third kappa shape index (κ3) is 3.93. The molecule has 0 amide bonds. The highest BCUT2D eigenvalue weighted by Gasteiger charge is 1.94. The minimum absolute atomic E-state index is 0.925. The molecule has 0 heterocycles. The van der Waals surface area contributed by atoms with Crippen LogP contribution in [0.2, 0.25) is 0 Å². The molecule has 0 fully saturated rings. The molecule has 0 aliphatic heterocycles. The van der Waals surface area contributed by atoms with Gasteiger partial charge in [-0.15, -0.1) is 0 Å². The van der Waals surface area contributed by atoms with Gasteiger partial charge in [0, 0.05) is 0 Å². The van der Waals surface area contributed by atoms with E-state index in [2.05, 4.69) is 38.2 Å². The summed E-state index contributed by atoms with van der Waals surface area (Å²) in [6.45, 7) is 3.15. The average Bonchev–Trinajstić information content (AvgIpc) is 2.16. The van der Waals surface area contributed by atoms with Gasteiger partial charge in [0.15, 0.2) is 0 Å². The number of aryl methyl sites for hydroxylation is 1. The summed E-state index contributed by atoms with van der Waals surface area (Å²) in [7, 11) is 5.83. The Labute approximate surface area is 87.7 Å². The molecular formula is C13H20N-. The molecule has 1 heteroatoms. The molecule has 0 N–H and O–H groups in total. The van der Waals surface area contributed by atoms with E-state index in [1.54, 1.807) is 0 Å². The van der Waals surface area contributed by atoms with Gasteiger partial charge in [0.05, 0.1) is 0 Å². The number of hydrogen-bond donors (Lipinski definition) is 0. The Morgan fingerprint density at radius 2 is 1.71 bits per heavy atom. The Morgan fingerprint density at radius 1 is 1.14 bits per heavy atom. The molecular weight excluding hydrogens is 170 g/mol. The van der Waals surface area contributed by atoms with Crippen LogP contribution in [0.1, 0.15) is 30.9 Å². The first-order valence-electron chi connectivity index (χ1n) is 5.32. The summed E-state index contributed by atoms with van der Waals surface area (Å²) in [5, 5.41) is 0. The molecule has 0 saturated heterocycles. The minimum atomic E-state index is 0.925. The van der Waals surface area contributed by atoms with Crippen LogP contribution in [0.4, 0.5) is 0 Å². The van der Waals surface area contributed by atoms with Crippen molar-refractivity contribution in [3.8, 4) is 0 Å². The van der Waals surface area contributed by atoms with Crippen LogP contribution < -0.4 is 0 Å². The number of rotatable bonds is 5. The fourth-order valence-corrected chi connectivity index (χ4v) is 1.50. The molecule has 1 aromatic rings. The van der Waals surface area contributed by atoms with Crippen molar-refractivity contribution in [3.05, 3.63) is 42.4 Å². The fourth-order valence-electron chi connectivity index (χ4n) is 1.50. The SMILES string of the molecule is [CH2-]N(C)Cc1ccc(CCCC)cc1. The van der Waals surface area contributed by atoms with E-state index in [9.17, 15) is 0 Å². The van der Waals surface area contributed by atoms with Gasteiger partial charge in [0.25, 0.3) is 0 Å². The van der Waals surface area contributed by atoms with Gasteiger partial charge in [-0.2, -0.15) is 0 Å². The Bertz CT molecular complexity index is 248. The number of benzene rings is 1. The van der Waals surface area contributed by atoms with Crippen LogP contribution >= 0.6 is 0 Å². The molecule has 0 saturated carbocycles. The van der Waals surface area contributed by atoms with E-state index >= 15 is 0 Å². The number of nitrogens with zero attached hydrogens (tertiary/aromatic N) is 1. The summed E-state index contributed by atoms with van der Waals surface area (Å²) in [5.74, 6) is 0. The van der Waals surface area contributed by atoms with Gasteiger partial charge in [0.2, 0.25) is 0 Å². The van der Waals surface area contributed by atoms with Crippen LogP contribution in [0, 0.1) is 7.05 Å². The maximum atomic E-state index is 3.84. The van der Waals surface area contributed by atoms with Crippen LogP contribution in [0.5, 0.6) is 0 Å². The summed E-state index contributed by atoms with van der Waals surface area (Å²) in [6.07, 6.45) is 3.76. The zero-order valence-corrected chi connectivity index (χ0v) is 9.29. The lowest BCUT2D eigenvalue weighted by Gasteiger charge is -2.17. The summed E-state index contributed by atoms with van der Waals surface area (Å²) >= 11 is 0. The molecule has 0 aliphatic carbocycles. The molecule has 0 radical (unpaired) electrons. The number of unbranched alkanes of at least 4 members (excludes halogenated alkanes) is 1. The van der Waals surface area contributed by atoms with E-state index in [-0.39, 0.29) is 0 Å². The summed E-state index contributed by atoms with van der Waals surface area (Å²) in [6, 6.07) is 8.86. The quantitative estimate of drug-likeness (QED) is 0.644. The Balaban J connectivity index is 2.50. The van der Waals surface area contributed by atoms with Crippen LogP contribution in [0.15, 0.2) is 24.3 Å². The molecule has 1 aromatic carbocycles. The highest BCUT2D eigenvalue weighted by molar-refractivity contribution is 5.22. The second kappa shape index (κ2) is 5.82. The second-order valence-electron chi connectivity index (χ2n) is 3.93. The van der Waals surface area contributed by atoms with Crippen molar-refractivity contribution in [1.29, 1.82) is 0 Å². The third-order valence-corrected chi connectivity index (χ3v) is 2.29. The lowest BCUT2D eigenvalue weighted by Crippen LogP contribution is -2.07. The first kappa shape index (κ1) is 11.3. The topological polar surface area (TPSA) is 3.24 Å².